The molecule has 3 rings (SSSR count). The number of nitrogens with zero attached hydrogens (tertiary/aromatic N) is 2. The Kier molecular flexibility index (Phi) is 5.70. The van der Waals surface area contributed by atoms with E-state index in [1.807, 2.05) is 0 Å². The maximum Gasteiger partial charge on any atom is 0.331 e. The SMILES string of the molecule is N#Cc1cc([N+](=O)[O-])ccc1NC(=O)COC(=O)/C=C/c1ccc2c(c1)OCO2. The molecule has 1 aliphatic heterocycles. The van der Waals surface area contributed by atoms with Gasteiger partial charge in [0.15, 0.2) is 18.1 Å². The predicted octanol–water partition coefficient (Wildman–Crippen LogP) is 2.39. The number of amides is 1. The number of carbonyl (C=O) groups excluding carboxylic acids is 2. The topological polar surface area (TPSA) is 141 Å². The third kappa shape index (κ3) is 4.86. The van der Waals surface area contributed by atoms with E-state index >= 15 is 0 Å². The van der Waals surface area contributed by atoms with Crippen molar-refractivity contribution >= 4 is 29.3 Å². The first-order chi connectivity index (χ1) is 14.0. The molecule has 1 heterocycles. The van der Waals surface area contributed by atoms with Crippen LogP contribution in [0.5, 0.6) is 11.5 Å². The normalized spacial score (nSPS) is 11.7. The van der Waals surface area contributed by atoms with E-state index in [9.17, 15) is 19.7 Å². The molecule has 10 nitrogen and oxygen atoms in total. The fourth-order valence-corrected chi connectivity index (χ4v) is 2.40. The van der Waals surface area contributed by atoms with Crippen molar-refractivity contribution in [3.05, 3.63) is 63.7 Å². The minimum atomic E-state index is -0.748. The Morgan fingerprint density at radius 3 is 2.79 bits per heavy atom. The summed E-state index contributed by atoms with van der Waals surface area (Å²) in [4.78, 5) is 33.8. The molecule has 0 atom stereocenters. The summed E-state index contributed by atoms with van der Waals surface area (Å²) in [7, 11) is 0. The molecule has 0 spiro atoms. The number of hydrogen-bond acceptors (Lipinski definition) is 8. The van der Waals surface area contributed by atoms with Crippen LogP contribution in [0.4, 0.5) is 11.4 Å². The van der Waals surface area contributed by atoms with Crippen molar-refractivity contribution in [2.75, 3.05) is 18.7 Å². The number of anilines is 1. The number of hydrogen-bond donors (Lipinski definition) is 1. The molecular weight excluding hydrogens is 382 g/mol. The summed E-state index contributed by atoms with van der Waals surface area (Å²) in [5.41, 5.74) is 0.399. The highest BCUT2D eigenvalue weighted by atomic mass is 16.7. The zero-order chi connectivity index (χ0) is 20.8. The van der Waals surface area contributed by atoms with Gasteiger partial charge < -0.3 is 19.5 Å². The first-order valence-electron chi connectivity index (χ1n) is 8.19. The lowest BCUT2D eigenvalue weighted by Crippen LogP contribution is -2.20. The first kappa shape index (κ1) is 19.4. The van der Waals surface area contributed by atoms with Crippen LogP contribution >= 0.6 is 0 Å². The number of nitro groups is 1. The molecule has 0 saturated heterocycles. The predicted molar refractivity (Wildman–Crippen MR) is 99.0 cm³/mol. The molecule has 0 saturated carbocycles. The number of benzene rings is 2. The van der Waals surface area contributed by atoms with Gasteiger partial charge in [0.2, 0.25) is 6.79 Å². The number of ether oxygens (including phenoxy) is 3. The van der Waals surface area contributed by atoms with Crippen LogP contribution in [-0.2, 0) is 14.3 Å². The van der Waals surface area contributed by atoms with Crippen molar-refractivity contribution in [2.24, 2.45) is 0 Å². The lowest BCUT2D eigenvalue weighted by atomic mass is 10.1. The summed E-state index contributed by atoms with van der Waals surface area (Å²) in [5, 5.41) is 22.2. The van der Waals surface area contributed by atoms with Crippen LogP contribution in [0.2, 0.25) is 0 Å². The van der Waals surface area contributed by atoms with E-state index in [0.29, 0.717) is 17.1 Å². The van der Waals surface area contributed by atoms with Gasteiger partial charge in [0.05, 0.1) is 16.2 Å². The molecule has 0 aliphatic carbocycles. The Labute approximate surface area is 164 Å². The average molecular weight is 395 g/mol. The van der Waals surface area contributed by atoms with Crippen LogP contribution in [0.25, 0.3) is 6.08 Å². The van der Waals surface area contributed by atoms with Crippen LogP contribution in [-0.4, -0.2) is 30.2 Å². The Bertz CT molecular complexity index is 1060. The van der Waals surface area contributed by atoms with Gasteiger partial charge in [-0.15, -0.1) is 0 Å². The highest BCUT2D eigenvalue weighted by Crippen LogP contribution is 2.32. The van der Waals surface area contributed by atoms with E-state index in [1.54, 1.807) is 24.3 Å². The largest absolute Gasteiger partial charge is 0.454 e. The summed E-state index contributed by atoms with van der Waals surface area (Å²) in [5.74, 6) is -0.261. The number of non-ortho nitro benzene ring substituents is 1. The molecule has 0 unspecified atom stereocenters. The highest BCUT2D eigenvalue weighted by Gasteiger charge is 2.14. The van der Waals surface area contributed by atoms with Crippen LogP contribution < -0.4 is 14.8 Å². The first-order valence-corrected chi connectivity index (χ1v) is 8.19. The quantitative estimate of drug-likeness (QED) is 0.340. The second kappa shape index (κ2) is 8.53. The van der Waals surface area contributed by atoms with Gasteiger partial charge in [-0.05, 0) is 29.8 Å². The number of nitriles is 1. The third-order valence-electron chi connectivity index (χ3n) is 3.76. The van der Waals surface area contributed by atoms with Crippen molar-refractivity contribution in [2.45, 2.75) is 0 Å². The number of carbonyl (C=O) groups is 2. The van der Waals surface area contributed by atoms with Crippen LogP contribution in [0, 0.1) is 21.4 Å². The van der Waals surface area contributed by atoms with Crippen LogP contribution in [0.15, 0.2) is 42.5 Å². The summed E-state index contributed by atoms with van der Waals surface area (Å²) < 4.78 is 15.3. The minimum Gasteiger partial charge on any atom is -0.454 e. The van der Waals surface area contributed by atoms with Crippen LogP contribution in [0.1, 0.15) is 11.1 Å². The number of nitro benzene ring substituents is 1. The van der Waals surface area contributed by atoms with Crippen molar-refractivity contribution in [1.82, 2.24) is 0 Å². The number of fused-ring (bicyclic) bond motifs is 1. The molecule has 0 bridgehead atoms. The van der Waals surface area contributed by atoms with Gasteiger partial charge >= 0.3 is 5.97 Å². The highest BCUT2D eigenvalue weighted by molar-refractivity contribution is 5.95. The molecule has 146 valence electrons. The molecular formula is C19H13N3O7. The van der Waals surface area contributed by atoms with Crippen molar-refractivity contribution in [3.63, 3.8) is 0 Å². The fraction of sp³-hybridized carbons (Fsp3) is 0.105. The number of rotatable bonds is 6. The summed E-state index contributed by atoms with van der Waals surface area (Å²) in [6.07, 6.45) is 2.64. The molecule has 1 aliphatic rings. The molecule has 1 N–H and O–H groups in total. The molecule has 10 heteroatoms. The number of esters is 1. The van der Waals surface area contributed by atoms with E-state index in [0.717, 1.165) is 18.2 Å². The molecule has 29 heavy (non-hydrogen) atoms. The molecule has 2 aromatic carbocycles. The van der Waals surface area contributed by atoms with Gasteiger partial charge in [-0.1, -0.05) is 6.07 Å². The standard InChI is InChI=1S/C19H13N3O7/c20-9-13-8-14(22(25)26)3-4-15(13)21-18(23)10-27-19(24)6-2-12-1-5-16-17(7-12)29-11-28-16/h1-8H,10-11H2,(H,21,23)/b6-2+. The van der Waals surface area contributed by atoms with Crippen molar-refractivity contribution in [1.29, 1.82) is 5.26 Å². The lowest BCUT2D eigenvalue weighted by Gasteiger charge is -2.07. The van der Waals surface area contributed by atoms with Crippen LogP contribution in [0.3, 0.4) is 0 Å². The molecule has 0 aromatic heterocycles. The summed E-state index contributed by atoms with van der Waals surface area (Å²) >= 11 is 0. The summed E-state index contributed by atoms with van der Waals surface area (Å²) in [6, 6.07) is 10.3. The van der Waals surface area contributed by atoms with Gasteiger partial charge in [-0.25, -0.2) is 4.79 Å². The maximum absolute atomic E-state index is 11.9. The summed E-state index contributed by atoms with van der Waals surface area (Å²) in [6.45, 7) is -0.450. The molecule has 0 radical (unpaired) electrons. The van der Waals surface area contributed by atoms with E-state index in [2.05, 4.69) is 5.32 Å². The molecule has 1 amide bonds. The van der Waals surface area contributed by atoms with Gasteiger partial charge in [0.1, 0.15) is 6.07 Å². The van der Waals surface area contributed by atoms with Crippen molar-refractivity contribution < 1.29 is 28.7 Å². The fourth-order valence-electron chi connectivity index (χ4n) is 2.40. The Morgan fingerprint density at radius 2 is 2.03 bits per heavy atom. The Morgan fingerprint density at radius 1 is 1.24 bits per heavy atom. The lowest BCUT2D eigenvalue weighted by molar-refractivity contribution is -0.384. The maximum atomic E-state index is 11.9. The zero-order valence-corrected chi connectivity index (χ0v) is 14.8. The van der Waals surface area contributed by atoms with E-state index in [1.165, 1.54) is 12.1 Å². The van der Waals surface area contributed by atoms with Gasteiger partial charge in [-0.2, -0.15) is 5.26 Å². The third-order valence-corrected chi connectivity index (χ3v) is 3.76. The van der Waals surface area contributed by atoms with Gasteiger partial charge in [0, 0.05) is 18.2 Å². The van der Waals surface area contributed by atoms with E-state index in [-0.39, 0.29) is 23.7 Å². The van der Waals surface area contributed by atoms with Gasteiger partial charge in [0.25, 0.3) is 11.6 Å². The zero-order valence-electron chi connectivity index (χ0n) is 14.8. The molecule has 2 aromatic rings. The Balaban J connectivity index is 1.53. The number of nitrogens with one attached hydrogen (secondary N) is 1. The Hall–Kier alpha value is -4.39. The van der Waals surface area contributed by atoms with E-state index in [4.69, 9.17) is 19.5 Å². The minimum absolute atomic E-state index is 0.0788. The molecule has 0 fully saturated rings. The average Bonchev–Trinajstić information content (AvgIpc) is 3.18. The second-order valence-electron chi connectivity index (χ2n) is 5.70. The second-order valence-corrected chi connectivity index (χ2v) is 5.70. The van der Waals surface area contributed by atoms with Gasteiger partial charge in [-0.3, -0.25) is 14.9 Å². The smallest absolute Gasteiger partial charge is 0.331 e. The van der Waals surface area contributed by atoms with Crippen molar-refractivity contribution in [3.8, 4) is 17.6 Å². The monoisotopic (exact) mass is 395 g/mol. The van der Waals surface area contributed by atoms with E-state index < -0.39 is 23.4 Å².